The lowest BCUT2D eigenvalue weighted by atomic mass is 10.0. The SMILES string of the molecule is CCCCCCCCCCCCCCCCCC(=O)N[C@@H](COP(=O)(O)OCCNC(=O)CCSSCCC([O-])=NCCOP(=O)(O)OC[C@@H](COC(=O)CCCCCCCCCCCCC)OC(=O)CCCCCCCCCCCCC)[C@H](O)CCCCCCCCCCCCCCC. The number of phosphoric acid groups is 2. The van der Waals surface area contributed by atoms with Crippen LogP contribution in [0.1, 0.15) is 387 Å². The van der Waals surface area contributed by atoms with Crippen LogP contribution in [0.2, 0.25) is 0 Å². The number of unbranched alkanes of at least 4 members (excludes halogenated alkanes) is 46. The van der Waals surface area contributed by atoms with Crippen LogP contribution in [0.4, 0.5) is 0 Å². The molecule has 0 rings (SSSR count). The number of nitrogens with zero attached hydrogens (tertiary/aromatic N) is 1. The van der Waals surface area contributed by atoms with Gasteiger partial charge in [-0.1, -0.05) is 351 Å². The van der Waals surface area contributed by atoms with Crippen molar-refractivity contribution in [3.8, 4) is 0 Å². The first-order valence-corrected chi connectivity index (χ1v) is 46.3. The minimum absolute atomic E-state index is 0.0601. The summed E-state index contributed by atoms with van der Waals surface area (Å²) in [6.45, 7) is 6.65. The average molecular weight is 1500 g/mol. The third kappa shape index (κ3) is 71.8. The predicted molar refractivity (Wildman–Crippen MR) is 414 cm³/mol. The van der Waals surface area contributed by atoms with Crippen molar-refractivity contribution in [2.45, 2.75) is 406 Å². The van der Waals surface area contributed by atoms with Crippen molar-refractivity contribution in [1.29, 1.82) is 0 Å². The molecule has 23 heteroatoms. The summed E-state index contributed by atoms with van der Waals surface area (Å²) >= 11 is 0. The van der Waals surface area contributed by atoms with E-state index in [1.54, 1.807) is 0 Å². The zero-order valence-electron chi connectivity index (χ0n) is 64.0. The Morgan fingerprint density at radius 2 is 0.760 bits per heavy atom. The third-order valence-corrected chi connectivity index (χ3v) is 22.5. The topological polar surface area (TPSA) is 278 Å². The summed E-state index contributed by atoms with van der Waals surface area (Å²) in [4.78, 5) is 76.1. The number of rotatable bonds is 80. The first kappa shape index (κ1) is 98.2. The minimum atomic E-state index is -4.68. The Kier molecular flexibility index (Phi) is 72.8. The highest BCUT2D eigenvalue weighted by Crippen LogP contribution is 2.44. The largest absolute Gasteiger partial charge is 0.862 e. The fourth-order valence-corrected chi connectivity index (χ4v) is 15.4. The van der Waals surface area contributed by atoms with Gasteiger partial charge in [-0.2, -0.15) is 0 Å². The molecule has 0 saturated carbocycles. The smallest absolute Gasteiger partial charge is 0.472 e. The molecule has 0 aliphatic carbocycles. The van der Waals surface area contributed by atoms with Crippen LogP contribution in [0.15, 0.2) is 4.99 Å². The Balaban J connectivity index is 4.84. The lowest BCUT2D eigenvalue weighted by Gasteiger charge is -2.25. The van der Waals surface area contributed by atoms with E-state index in [0.29, 0.717) is 37.2 Å². The number of amides is 2. The third-order valence-electron chi connectivity index (χ3n) is 18.2. The Morgan fingerprint density at radius 3 is 1.18 bits per heavy atom. The second-order valence-corrected chi connectivity index (χ2v) is 33.4. The lowest BCUT2D eigenvalue weighted by Crippen LogP contribution is -2.46. The monoisotopic (exact) mass is 1500 g/mol. The van der Waals surface area contributed by atoms with Gasteiger partial charge in [-0.3, -0.25) is 37.3 Å². The molecule has 0 spiro atoms. The van der Waals surface area contributed by atoms with Crippen LogP contribution in [0, 0.1) is 0 Å². The zero-order chi connectivity index (χ0) is 73.4. The van der Waals surface area contributed by atoms with Gasteiger partial charge in [-0.25, -0.2) is 9.13 Å². The predicted octanol–water partition coefficient (Wildman–Crippen LogP) is 20.7. The number of carbonyl (C=O) groups excluding carboxylic acids is 4. The minimum Gasteiger partial charge on any atom is -0.862 e. The summed E-state index contributed by atoms with van der Waals surface area (Å²) in [6.07, 6.45) is 58.1. The van der Waals surface area contributed by atoms with Crippen LogP contribution in [-0.2, 0) is 55.9 Å². The van der Waals surface area contributed by atoms with Crippen molar-refractivity contribution >= 4 is 66.9 Å². The molecule has 2 unspecified atom stereocenters. The number of carbonyl (C=O) groups is 4. The van der Waals surface area contributed by atoms with Crippen molar-refractivity contribution in [3.63, 3.8) is 0 Å². The molecular weight excluding hydrogens is 1350 g/mol. The van der Waals surface area contributed by atoms with Gasteiger partial charge in [-0.15, -0.1) is 0 Å². The molecule has 592 valence electrons. The number of esters is 2. The van der Waals surface area contributed by atoms with Crippen LogP contribution in [0.3, 0.4) is 0 Å². The number of hydrogen-bond acceptors (Lipinski definition) is 17. The highest BCUT2D eigenvalue weighted by Gasteiger charge is 2.29. The van der Waals surface area contributed by atoms with E-state index in [-0.39, 0.29) is 63.8 Å². The molecule has 0 aliphatic rings. The standard InChI is InChI=1S/C77H151N3O16P2S2/c1-5-9-13-17-21-25-29-31-32-34-38-40-44-48-52-56-75(84)80-71(72(81)55-51-47-43-39-37-33-30-26-22-18-14-10-6-2)69-95-98(89,90)93-64-62-79-74(83)60-66-100-99-65-59-73(82)78-61-63-92-97(87,88)94-68-70(96-77(86)58-54-50-46-42-36-28-24-20-16-12-8-4)67-91-76(85)57-53-49-45-41-35-27-23-19-15-11-7-3/h70-72,81H,5-69H2,1-4H3,(H,78,82)(H,79,83)(H,80,84)(H,87,88)(H,89,90)/p-1/t70-,71+,72-/m1/s1. The molecule has 0 fully saturated rings. The summed E-state index contributed by atoms with van der Waals surface area (Å²) < 4.78 is 57.5. The van der Waals surface area contributed by atoms with Gasteiger partial charge >= 0.3 is 27.6 Å². The maximum Gasteiger partial charge on any atom is 0.472 e. The fraction of sp³-hybridized carbons (Fsp3) is 0.935. The summed E-state index contributed by atoms with van der Waals surface area (Å²) in [5.41, 5.74) is 0. The molecule has 0 aromatic heterocycles. The van der Waals surface area contributed by atoms with Crippen molar-refractivity contribution in [2.75, 3.05) is 57.6 Å². The summed E-state index contributed by atoms with van der Waals surface area (Å²) in [7, 11) is -6.54. The summed E-state index contributed by atoms with van der Waals surface area (Å²) in [5, 5.41) is 29.3. The van der Waals surface area contributed by atoms with Gasteiger partial charge in [0.2, 0.25) is 11.8 Å². The first-order valence-electron chi connectivity index (χ1n) is 40.9. The normalized spacial score (nSPS) is 14.0. The van der Waals surface area contributed by atoms with E-state index < -0.39 is 71.6 Å². The molecule has 0 bridgehead atoms. The molecule has 2 amide bonds. The molecule has 5 N–H and O–H groups in total. The molecule has 0 aromatic rings. The number of aliphatic hydroxyl groups is 1. The van der Waals surface area contributed by atoms with Gasteiger partial charge in [-0.05, 0) is 38.0 Å². The van der Waals surface area contributed by atoms with Crippen LogP contribution >= 0.6 is 37.2 Å². The zero-order valence-corrected chi connectivity index (χ0v) is 67.4. The van der Waals surface area contributed by atoms with E-state index in [1.165, 1.54) is 240 Å². The van der Waals surface area contributed by atoms with E-state index in [0.717, 1.165) is 89.9 Å². The molecule has 19 nitrogen and oxygen atoms in total. The second-order valence-electron chi connectivity index (χ2n) is 27.8. The molecular formula is C77H150N3O16P2S2-. The Bertz CT molecular complexity index is 2000. The second kappa shape index (κ2) is 74.1. The van der Waals surface area contributed by atoms with Gasteiger partial charge in [0, 0.05) is 43.7 Å². The molecule has 0 aromatic carbocycles. The van der Waals surface area contributed by atoms with Crippen LogP contribution in [0.5, 0.6) is 0 Å². The number of hydrogen-bond donors (Lipinski definition) is 5. The fourth-order valence-electron chi connectivity index (χ4n) is 11.9. The van der Waals surface area contributed by atoms with E-state index in [1.807, 2.05) is 0 Å². The van der Waals surface area contributed by atoms with Crippen LogP contribution in [0.25, 0.3) is 0 Å². The lowest BCUT2D eigenvalue weighted by molar-refractivity contribution is -0.218. The van der Waals surface area contributed by atoms with Gasteiger partial charge in [0.25, 0.3) is 0 Å². The van der Waals surface area contributed by atoms with Gasteiger partial charge < -0.3 is 45.1 Å². The Morgan fingerprint density at radius 1 is 0.410 bits per heavy atom. The van der Waals surface area contributed by atoms with E-state index in [9.17, 15) is 48.3 Å². The van der Waals surface area contributed by atoms with E-state index >= 15 is 0 Å². The van der Waals surface area contributed by atoms with Gasteiger partial charge in [0.1, 0.15) is 6.61 Å². The maximum absolute atomic E-state index is 13.1. The van der Waals surface area contributed by atoms with Gasteiger partial charge in [0.15, 0.2) is 6.10 Å². The van der Waals surface area contributed by atoms with E-state index in [2.05, 4.69) is 43.3 Å². The highest BCUT2D eigenvalue weighted by molar-refractivity contribution is 8.76. The number of nitrogens with one attached hydrogen (secondary N) is 2. The summed E-state index contributed by atoms with van der Waals surface area (Å²) in [5.74, 6) is -1.14. The average Bonchev–Trinajstić information content (AvgIpc) is 0.936. The number of aliphatic imine (C=N–C) groups is 1. The molecule has 0 saturated heterocycles. The van der Waals surface area contributed by atoms with Crippen molar-refractivity contribution in [2.24, 2.45) is 4.99 Å². The van der Waals surface area contributed by atoms with Crippen LogP contribution < -0.4 is 15.7 Å². The Hall–Kier alpha value is -1.77. The van der Waals surface area contributed by atoms with Gasteiger partial charge in [0.05, 0.1) is 45.1 Å². The number of aliphatic hydroxyl groups excluding tert-OH is 1. The number of phosphoric ester groups is 2. The number of ether oxygens (including phenoxy) is 2. The Labute approximate surface area is 618 Å². The van der Waals surface area contributed by atoms with E-state index in [4.69, 9.17) is 27.6 Å². The molecule has 0 heterocycles. The molecule has 100 heavy (non-hydrogen) atoms. The summed E-state index contributed by atoms with van der Waals surface area (Å²) in [6, 6.07) is -0.900. The molecule has 0 radical (unpaired) electrons. The quantitative estimate of drug-likeness (QED) is 0.00945. The van der Waals surface area contributed by atoms with Crippen molar-refractivity contribution in [1.82, 2.24) is 10.6 Å². The highest BCUT2D eigenvalue weighted by atomic mass is 33.1. The maximum atomic E-state index is 13.1. The van der Waals surface area contributed by atoms with Crippen molar-refractivity contribution < 1.29 is 75.9 Å². The molecule has 0 aliphatic heterocycles. The first-order chi connectivity index (χ1) is 48.6. The molecule has 5 atom stereocenters. The van der Waals surface area contributed by atoms with Crippen molar-refractivity contribution in [3.05, 3.63) is 0 Å². The van der Waals surface area contributed by atoms with Crippen LogP contribution in [-0.4, -0.2) is 120 Å².